The number of amides is 1. The van der Waals surface area contributed by atoms with Gasteiger partial charge >= 0.3 is 0 Å². The Balaban J connectivity index is 1.06. The summed E-state index contributed by atoms with van der Waals surface area (Å²) in [6.45, 7) is 13.8. The van der Waals surface area contributed by atoms with Crippen LogP contribution in [0.5, 0.6) is 0 Å². The summed E-state index contributed by atoms with van der Waals surface area (Å²) in [6, 6.07) is 0. The number of rotatable bonds is 7. The van der Waals surface area contributed by atoms with Crippen LogP contribution >= 0.6 is 0 Å². The van der Waals surface area contributed by atoms with Gasteiger partial charge in [-0.3, -0.25) is 10.1 Å². The SMILES string of the molecule is C[C@H]1C(O[C@@H]2CC[C@@]3(C)C(C2)C[C@@H](O)C2C3C[C@H](O)[C@@]3(C)C2CCC3[C@H](C)CCC(N)=O)CC2O[C@@H](C)CCC3[C@H](C)CCC1C23OO. The first-order valence-corrected chi connectivity index (χ1v) is 20.0. The third-order valence-electron chi connectivity index (χ3n) is 17.1. The van der Waals surface area contributed by atoms with E-state index in [-0.39, 0.29) is 65.0 Å². The lowest BCUT2D eigenvalue weighted by Crippen LogP contribution is -2.67. The van der Waals surface area contributed by atoms with Gasteiger partial charge in [0.25, 0.3) is 0 Å². The van der Waals surface area contributed by atoms with Crippen LogP contribution in [0.15, 0.2) is 0 Å². The Labute approximate surface area is 289 Å². The van der Waals surface area contributed by atoms with Gasteiger partial charge in [0.2, 0.25) is 5.91 Å². The number of aliphatic hydroxyl groups excluding tert-OH is 2. The van der Waals surface area contributed by atoms with E-state index in [1.54, 1.807) is 0 Å². The maximum absolute atomic E-state index is 12.0. The van der Waals surface area contributed by atoms with Crippen molar-refractivity contribution < 1.29 is 34.6 Å². The Kier molecular flexibility index (Phi) is 9.66. The minimum atomic E-state index is -0.648. The van der Waals surface area contributed by atoms with Crippen LogP contribution < -0.4 is 5.73 Å². The molecule has 1 amide bonds. The molecule has 0 aromatic heterocycles. The molecule has 5 N–H and O–H groups in total. The van der Waals surface area contributed by atoms with Crippen molar-refractivity contribution in [3.05, 3.63) is 0 Å². The van der Waals surface area contributed by atoms with Crippen molar-refractivity contribution in [3.8, 4) is 0 Å². The summed E-state index contributed by atoms with van der Waals surface area (Å²) in [6.07, 6.45) is 12.3. The van der Waals surface area contributed by atoms with Gasteiger partial charge in [0.05, 0.1) is 36.6 Å². The Morgan fingerprint density at radius 2 is 1.65 bits per heavy atom. The molecule has 0 radical (unpaired) electrons. The van der Waals surface area contributed by atoms with Crippen LogP contribution in [0.1, 0.15) is 131 Å². The smallest absolute Gasteiger partial charge is 0.217 e. The highest BCUT2D eigenvalue weighted by molar-refractivity contribution is 5.73. The molecular formula is C40H67NO7. The number of carbonyl (C=O) groups excluding carboxylic acids is 1. The van der Waals surface area contributed by atoms with Gasteiger partial charge in [-0.05, 0) is 154 Å². The Bertz CT molecular complexity index is 1180. The van der Waals surface area contributed by atoms with Gasteiger partial charge < -0.3 is 25.4 Å². The van der Waals surface area contributed by atoms with Gasteiger partial charge in [-0.2, -0.15) is 0 Å². The minimum absolute atomic E-state index is 0.0578. The van der Waals surface area contributed by atoms with Crippen molar-refractivity contribution in [2.45, 2.75) is 174 Å². The number of ether oxygens (including phenoxy) is 2. The molecule has 10 unspecified atom stereocenters. The van der Waals surface area contributed by atoms with Crippen LogP contribution in [-0.2, 0) is 19.2 Å². The number of fused-ring (bicyclic) bond motifs is 5. The molecular weight excluding hydrogens is 606 g/mol. The summed E-state index contributed by atoms with van der Waals surface area (Å²) >= 11 is 0. The van der Waals surface area contributed by atoms with E-state index in [1.807, 2.05) is 0 Å². The summed E-state index contributed by atoms with van der Waals surface area (Å²) in [5.41, 5.74) is 4.70. The maximum Gasteiger partial charge on any atom is 0.217 e. The van der Waals surface area contributed by atoms with E-state index in [0.717, 1.165) is 83.5 Å². The zero-order valence-electron chi connectivity index (χ0n) is 30.7. The average Bonchev–Trinajstić information content (AvgIpc) is 3.32. The number of hydrogen-bond acceptors (Lipinski definition) is 7. The standard InChI is InChI=1S/C40H67NO7/c1-21(8-14-36(41)44)27-12-13-30-37-31(19-34(43)39(27,30)6)38(5)16-15-26(17-25(38)18-32(37)42)47-33-20-35-40(48-45)28(11-9-23(3)46-35)22(2)7-10-29(40)24(33)4/h21-35,37,42-43,45H,7-20H2,1-6H3,(H2,41,44)/t21-,22-,23+,24-,25?,26-,27?,28?,29?,30?,31?,32-,33?,34+,35?,37?,38+,39-,40?/m1/s1. The van der Waals surface area contributed by atoms with Crippen molar-refractivity contribution in [2.75, 3.05) is 0 Å². The van der Waals surface area contributed by atoms with Gasteiger partial charge in [-0.25, -0.2) is 4.89 Å². The molecule has 19 atom stereocenters. The molecule has 6 aliphatic carbocycles. The van der Waals surface area contributed by atoms with Crippen LogP contribution in [0.4, 0.5) is 0 Å². The number of aliphatic hydroxyl groups is 2. The fourth-order valence-electron chi connectivity index (χ4n) is 14.5. The summed E-state index contributed by atoms with van der Waals surface area (Å²) in [4.78, 5) is 17.2. The summed E-state index contributed by atoms with van der Waals surface area (Å²) in [5.74, 6) is 2.87. The highest BCUT2D eigenvalue weighted by Gasteiger charge is 2.67. The fourth-order valence-corrected chi connectivity index (χ4v) is 14.5. The lowest BCUT2D eigenvalue weighted by atomic mass is 9.43. The predicted molar refractivity (Wildman–Crippen MR) is 183 cm³/mol. The molecule has 8 nitrogen and oxygen atoms in total. The normalized spacial score (nSPS) is 55.4. The highest BCUT2D eigenvalue weighted by atomic mass is 17.1. The van der Waals surface area contributed by atoms with E-state index in [9.17, 15) is 20.3 Å². The molecule has 7 aliphatic rings. The summed E-state index contributed by atoms with van der Waals surface area (Å²) in [5, 5.41) is 34.6. The molecule has 0 aromatic carbocycles. The van der Waals surface area contributed by atoms with Crippen LogP contribution in [-0.4, -0.2) is 63.6 Å². The molecule has 8 heteroatoms. The van der Waals surface area contributed by atoms with E-state index >= 15 is 0 Å². The first-order valence-electron chi connectivity index (χ1n) is 20.0. The van der Waals surface area contributed by atoms with Crippen LogP contribution in [0.2, 0.25) is 0 Å². The Morgan fingerprint density at radius 3 is 2.38 bits per heavy atom. The zero-order chi connectivity index (χ0) is 34.3. The monoisotopic (exact) mass is 673 g/mol. The van der Waals surface area contributed by atoms with Crippen molar-refractivity contribution >= 4 is 5.91 Å². The number of nitrogens with two attached hydrogens (primary N) is 1. The summed E-state index contributed by atoms with van der Waals surface area (Å²) < 4.78 is 13.8. The Morgan fingerprint density at radius 1 is 0.917 bits per heavy atom. The van der Waals surface area contributed by atoms with E-state index in [2.05, 4.69) is 41.5 Å². The second-order valence-corrected chi connectivity index (χ2v) is 19.0. The van der Waals surface area contributed by atoms with Crippen LogP contribution in [0.3, 0.4) is 0 Å². The van der Waals surface area contributed by atoms with E-state index in [1.165, 1.54) is 0 Å². The Hall–Kier alpha value is -0.770. The number of carbonyl (C=O) groups is 1. The van der Waals surface area contributed by atoms with Crippen molar-refractivity contribution in [3.63, 3.8) is 0 Å². The molecule has 7 fully saturated rings. The molecule has 0 spiro atoms. The van der Waals surface area contributed by atoms with E-state index in [4.69, 9.17) is 20.1 Å². The van der Waals surface area contributed by atoms with Crippen molar-refractivity contribution in [2.24, 2.45) is 75.7 Å². The third-order valence-corrected chi connectivity index (χ3v) is 17.1. The van der Waals surface area contributed by atoms with Crippen LogP contribution in [0, 0.1) is 70.0 Å². The molecule has 0 aromatic rings. The van der Waals surface area contributed by atoms with Crippen molar-refractivity contribution in [1.29, 1.82) is 0 Å². The predicted octanol–water partition coefficient (Wildman–Crippen LogP) is 6.74. The van der Waals surface area contributed by atoms with E-state index in [0.29, 0.717) is 47.8 Å². The lowest BCUT2D eigenvalue weighted by Gasteiger charge is -2.64. The van der Waals surface area contributed by atoms with Gasteiger partial charge in [0.1, 0.15) is 5.60 Å². The molecule has 1 aliphatic heterocycles. The molecule has 1 saturated heterocycles. The van der Waals surface area contributed by atoms with Gasteiger partial charge in [0.15, 0.2) is 0 Å². The second-order valence-electron chi connectivity index (χ2n) is 19.0. The number of hydrogen-bond donors (Lipinski definition) is 4. The zero-order valence-corrected chi connectivity index (χ0v) is 30.7. The fraction of sp³-hybridized carbons (Fsp3) is 0.975. The molecule has 274 valence electrons. The van der Waals surface area contributed by atoms with Crippen molar-refractivity contribution in [1.82, 2.24) is 0 Å². The van der Waals surface area contributed by atoms with Gasteiger partial charge in [-0.1, -0.05) is 34.6 Å². The van der Waals surface area contributed by atoms with Gasteiger partial charge in [0, 0.05) is 12.8 Å². The number of primary amides is 1. The largest absolute Gasteiger partial charge is 0.393 e. The second kappa shape index (κ2) is 13.0. The molecule has 7 rings (SSSR count). The summed E-state index contributed by atoms with van der Waals surface area (Å²) in [7, 11) is 0. The van der Waals surface area contributed by atoms with Crippen LogP contribution in [0.25, 0.3) is 0 Å². The lowest BCUT2D eigenvalue weighted by molar-refractivity contribution is -0.404. The van der Waals surface area contributed by atoms with E-state index < -0.39 is 11.7 Å². The first kappa shape index (κ1) is 35.6. The third kappa shape index (κ3) is 5.38. The first-order chi connectivity index (χ1) is 22.7. The molecule has 6 saturated carbocycles. The maximum atomic E-state index is 12.0. The average molecular weight is 674 g/mol. The molecule has 0 bridgehead atoms. The minimum Gasteiger partial charge on any atom is -0.393 e. The highest BCUT2D eigenvalue weighted by Crippen LogP contribution is 2.69. The van der Waals surface area contributed by atoms with Gasteiger partial charge in [-0.15, -0.1) is 0 Å². The quantitative estimate of drug-likeness (QED) is 0.174. The molecule has 1 heterocycles. The molecule has 48 heavy (non-hydrogen) atoms. The topological polar surface area (TPSA) is 131 Å².